The third kappa shape index (κ3) is 6.55. The highest BCUT2D eigenvalue weighted by atomic mass is 16.6. The van der Waals surface area contributed by atoms with Crippen LogP contribution in [0.1, 0.15) is 28.8 Å². The van der Waals surface area contributed by atoms with Gasteiger partial charge in [0.25, 0.3) is 5.91 Å². The number of nitrogens with two attached hydrogens (primary N) is 1. The summed E-state index contributed by atoms with van der Waals surface area (Å²) in [6, 6.07) is 14.2. The second-order valence-corrected chi connectivity index (χ2v) is 7.52. The molecule has 0 aliphatic carbocycles. The Morgan fingerprint density at radius 3 is 2.65 bits per heavy atom. The lowest BCUT2D eigenvalue weighted by Gasteiger charge is -2.31. The number of anilines is 1. The highest BCUT2D eigenvalue weighted by Crippen LogP contribution is 2.20. The maximum Gasteiger partial charge on any atom is 0.343 e. The molecule has 1 fully saturated rings. The number of hydrogen-bond acceptors (Lipinski definition) is 6. The average molecular weight is 425 g/mol. The molecule has 3 rings (SSSR count). The molecule has 1 atom stereocenters. The van der Waals surface area contributed by atoms with Gasteiger partial charge >= 0.3 is 5.97 Å². The Bertz CT molecular complexity index is 929. The van der Waals surface area contributed by atoms with Crippen molar-refractivity contribution in [2.24, 2.45) is 11.7 Å². The number of amides is 2. The van der Waals surface area contributed by atoms with E-state index in [1.807, 2.05) is 24.3 Å². The Hall–Kier alpha value is -3.39. The molecule has 2 aromatic rings. The Labute approximate surface area is 181 Å². The minimum Gasteiger partial charge on any atom is -0.482 e. The van der Waals surface area contributed by atoms with Crippen molar-refractivity contribution in [3.63, 3.8) is 0 Å². The number of hydrogen-bond donors (Lipinski definition) is 2. The molecular formula is C23H27N3O5. The van der Waals surface area contributed by atoms with Crippen LogP contribution in [0.15, 0.2) is 48.5 Å². The van der Waals surface area contributed by atoms with Crippen molar-refractivity contribution in [3.8, 4) is 5.75 Å². The first kappa shape index (κ1) is 22.3. The molecule has 1 unspecified atom stereocenters. The number of ether oxygens (including phenoxy) is 2. The van der Waals surface area contributed by atoms with E-state index >= 15 is 0 Å². The van der Waals surface area contributed by atoms with Crippen molar-refractivity contribution in [2.45, 2.75) is 19.4 Å². The number of benzene rings is 2. The summed E-state index contributed by atoms with van der Waals surface area (Å²) in [4.78, 5) is 37.4. The lowest BCUT2D eigenvalue weighted by atomic mass is 9.97. The maximum atomic E-state index is 12.6. The van der Waals surface area contributed by atoms with Crippen LogP contribution < -0.4 is 15.8 Å². The van der Waals surface area contributed by atoms with E-state index in [4.69, 9.17) is 10.5 Å². The van der Waals surface area contributed by atoms with Gasteiger partial charge in [-0.2, -0.15) is 0 Å². The Morgan fingerprint density at radius 1 is 1.16 bits per heavy atom. The number of nitrogens with zero attached hydrogens (tertiary/aromatic N) is 1. The zero-order chi connectivity index (χ0) is 22.2. The predicted molar refractivity (Wildman–Crippen MR) is 116 cm³/mol. The van der Waals surface area contributed by atoms with Gasteiger partial charge < -0.3 is 20.5 Å². The SMILES string of the molecule is COC(=O)COc1cccc(C(=O)Nc2ccc(CN3CCCC(C(N)=O)C3)cc2)c1. The van der Waals surface area contributed by atoms with Gasteiger partial charge in [-0.25, -0.2) is 4.79 Å². The summed E-state index contributed by atoms with van der Waals surface area (Å²) >= 11 is 0. The van der Waals surface area contributed by atoms with Crippen molar-refractivity contribution < 1.29 is 23.9 Å². The third-order valence-electron chi connectivity index (χ3n) is 5.21. The molecule has 3 N–H and O–H groups in total. The van der Waals surface area contributed by atoms with Crippen molar-refractivity contribution in [3.05, 3.63) is 59.7 Å². The van der Waals surface area contributed by atoms with E-state index in [1.54, 1.807) is 24.3 Å². The molecule has 31 heavy (non-hydrogen) atoms. The van der Waals surface area contributed by atoms with E-state index in [9.17, 15) is 14.4 Å². The Morgan fingerprint density at radius 2 is 1.94 bits per heavy atom. The summed E-state index contributed by atoms with van der Waals surface area (Å²) in [6.45, 7) is 2.14. The summed E-state index contributed by atoms with van der Waals surface area (Å²) in [5.74, 6) is -0.687. The molecule has 0 aromatic heterocycles. The molecule has 2 aromatic carbocycles. The van der Waals surface area contributed by atoms with E-state index in [-0.39, 0.29) is 24.3 Å². The Kier molecular flexibility index (Phi) is 7.61. The first-order chi connectivity index (χ1) is 14.9. The molecular weight excluding hydrogens is 398 g/mol. The number of primary amides is 1. The molecule has 0 spiro atoms. The lowest BCUT2D eigenvalue weighted by molar-refractivity contribution is -0.142. The summed E-state index contributed by atoms with van der Waals surface area (Å²) in [5.41, 5.74) is 7.63. The van der Waals surface area contributed by atoms with Crippen molar-refractivity contribution in [2.75, 3.05) is 32.1 Å². The fraction of sp³-hybridized carbons (Fsp3) is 0.348. The largest absolute Gasteiger partial charge is 0.482 e. The van der Waals surface area contributed by atoms with Gasteiger partial charge in [-0.15, -0.1) is 0 Å². The number of carbonyl (C=O) groups excluding carboxylic acids is 3. The highest BCUT2D eigenvalue weighted by Gasteiger charge is 2.23. The normalized spacial score (nSPS) is 16.4. The quantitative estimate of drug-likeness (QED) is 0.627. The first-order valence-electron chi connectivity index (χ1n) is 10.2. The number of carbonyl (C=O) groups is 3. The molecule has 0 radical (unpaired) electrons. The van der Waals surface area contributed by atoms with Crippen LogP contribution in [0.25, 0.3) is 0 Å². The van der Waals surface area contributed by atoms with Crippen LogP contribution in [-0.2, 0) is 20.9 Å². The van der Waals surface area contributed by atoms with Gasteiger partial charge in [0.05, 0.1) is 13.0 Å². The van der Waals surface area contributed by atoms with E-state index in [0.717, 1.165) is 31.5 Å². The van der Waals surface area contributed by atoms with Gasteiger partial charge in [0.15, 0.2) is 6.61 Å². The minimum atomic E-state index is -0.496. The van der Waals surface area contributed by atoms with Crippen molar-refractivity contribution in [1.82, 2.24) is 4.90 Å². The van der Waals surface area contributed by atoms with E-state index < -0.39 is 5.97 Å². The summed E-state index contributed by atoms with van der Waals surface area (Å²) in [5, 5.41) is 2.85. The molecule has 1 heterocycles. The molecule has 0 saturated carbocycles. The standard InChI is InChI=1S/C23H27N3O5/c1-30-21(27)15-31-20-6-2-4-17(12-20)23(29)25-19-9-7-16(8-10-19)13-26-11-3-5-18(14-26)22(24)28/h2,4,6-10,12,18H,3,5,11,13-15H2,1H3,(H2,24,28)(H,25,29). The zero-order valence-corrected chi connectivity index (χ0v) is 17.5. The fourth-order valence-corrected chi connectivity index (χ4v) is 3.51. The number of likely N-dealkylation sites (tertiary alicyclic amines) is 1. The summed E-state index contributed by atoms with van der Waals surface area (Å²) in [6.07, 6.45) is 1.82. The van der Waals surface area contributed by atoms with E-state index in [0.29, 0.717) is 23.5 Å². The monoisotopic (exact) mass is 425 g/mol. The van der Waals surface area contributed by atoms with Gasteiger partial charge in [0, 0.05) is 24.3 Å². The highest BCUT2D eigenvalue weighted by molar-refractivity contribution is 6.04. The van der Waals surface area contributed by atoms with Crippen LogP contribution in [0, 0.1) is 5.92 Å². The van der Waals surface area contributed by atoms with E-state index in [1.165, 1.54) is 7.11 Å². The number of piperidine rings is 1. The topological polar surface area (TPSA) is 111 Å². The molecule has 0 bridgehead atoms. The fourth-order valence-electron chi connectivity index (χ4n) is 3.51. The second kappa shape index (κ2) is 10.6. The molecule has 2 amide bonds. The predicted octanol–water partition coefficient (Wildman–Crippen LogP) is 2.19. The number of esters is 1. The van der Waals surface area contributed by atoms with Crippen LogP contribution >= 0.6 is 0 Å². The second-order valence-electron chi connectivity index (χ2n) is 7.52. The van der Waals surface area contributed by atoms with Crippen LogP contribution in [0.2, 0.25) is 0 Å². The Balaban J connectivity index is 1.55. The lowest BCUT2D eigenvalue weighted by Crippen LogP contribution is -2.40. The summed E-state index contributed by atoms with van der Waals surface area (Å²) in [7, 11) is 1.28. The van der Waals surface area contributed by atoms with Gasteiger partial charge in [0.1, 0.15) is 5.75 Å². The van der Waals surface area contributed by atoms with Gasteiger partial charge in [-0.3, -0.25) is 14.5 Å². The number of rotatable bonds is 8. The van der Waals surface area contributed by atoms with Gasteiger partial charge in [-0.05, 0) is 55.3 Å². The molecule has 164 valence electrons. The number of methoxy groups -OCH3 is 1. The van der Waals surface area contributed by atoms with Gasteiger partial charge in [-0.1, -0.05) is 18.2 Å². The average Bonchev–Trinajstić information content (AvgIpc) is 2.79. The maximum absolute atomic E-state index is 12.6. The molecule has 1 aliphatic rings. The number of nitrogens with one attached hydrogen (secondary N) is 1. The van der Waals surface area contributed by atoms with Gasteiger partial charge in [0.2, 0.25) is 5.91 Å². The van der Waals surface area contributed by atoms with Crippen LogP contribution in [0.4, 0.5) is 5.69 Å². The molecule has 8 heteroatoms. The minimum absolute atomic E-state index is 0.0836. The van der Waals surface area contributed by atoms with Crippen molar-refractivity contribution >= 4 is 23.5 Å². The molecule has 1 aliphatic heterocycles. The van der Waals surface area contributed by atoms with E-state index in [2.05, 4.69) is 15.0 Å². The zero-order valence-electron chi connectivity index (χ0n) is 17.5. The van der Waals surface area contributed by atoms with Crippen LogP contribution in [0.5, 0.6) is 5.75 Å². The third-order valence-corrected chi connectivity index (χ3v) is 5.21. The first-order valence-corrected chi connectivity index (χ1v) is 10.2. The summed E-state index contributed by atoms with van der Waals surface area (Å²) < 4.78 is 9.86. The van der Waals surface area contributed by atoms with Crippen LogP contribution in [-0.4, -0.2) is 49.5 Å². The smallest absolute Gasteiger partial charge is 0.343 e. The van der Waals surface area contributed by atoms with Crippen LogP contribution in [0.3, 0.4) is 0 Å². The molecule has 1 saturated heterocycles. The van der Waals surface area contributed by atoms with Crippen molar-refractivity contribution in [1.29, 1.82) is 0 Å². The molecule has 8 nitrogen and oxygen atoms in total.